The zero-order valence-electron chi connectivity index (χ0n) is 9.74. The summed E-state index contributed by atoms with van der Waals surface area (Å²) in [6.07, 6.45) is 3.42. The summed E-state index contributed by atoms with van der Waals surface area (Å²) in [5.74, 6) is 1.52. The molecule has 0 aliphatic rings. The summed E-state index contributed by atoms with van der Waals surface area (Å²) in [6, 6.07) is 5.72. The Labute approximate surface area is 106 Å². The molecule has 0 fully saturated rings. The molecule has 0 aliphatic carbocycles. The van der Waals surface area contributed by atoms with Gasteiger partial charge in [0.15, 0.2) is 11.7 Å². The fourth-order valence-corrected chi connectivity index (χ4v) is 1.93. The zero-order valence-corrected chi connectivity index (χ0v) is 10.5. The Morgan fingerprint density at radius 1 is 1.41 bits per heavy atom. The van der Waals surface area contributed by atoms with Gasteiger partial charge >= 0.3 is 0 Å². The average molecular weight is 251 g/mol. The second-order valence-corrected chi connectivity index (χ2v) is 4.41. The van der Waals surface area contributed by atoms with Crippen LogP contribution in [0.15, 0.2) is 28.8 Å². The molecule has 0 atom stereocenters. The van der Waals surface area contributed by atoms with Crippen LogP contribution < -0.4 is 5.73 Å². The molecule has 0 radical (unpaired) electrons. The number of hydrogen-bond donors (Lipinski definition) is 1. The molecule has 1 heterocycles. The summed E-state index contributed by atoms with van der Waals surface area (Å²) in [7, 11) is 0. The standard InChI is InChI=1S/C13H15ClN2O/c1-9-7-10(14)4-5-11(9)12-8-16-13(17-12)3-2-6-15/h4-5,7-8H,2-3,6,15H2,1H3. The van der Waals surface area contributed by atoms with Crippen LogP contribution in [0.25, 0.3) is 11.3 Å². The number of rotatable bonds is 4. The predicted octanol–water partition coefficient (Wildman–Crippen LogP) is 3.19. The summed E-state index contributed by atoms with van der Waals surface area (Å²) in [5.41, 5.74) is 7.56. The molecule has 0 saturated heterocycles. The minimum absolute atomic E-state index is 0.650. The molecule has 90 valence electrons. The predicted molar refractivity (Wildman–Crippen MR) is 69.1 cm³/mol. The normalized spacial score (nSPS) is 10.8. The van der Waals surface area contributed by atoms with Gasteiger partial charge in [0.1, 0.15) is 0 Å². The summed E-state index contributed by atoms with van der Waals surface area (Å²) in [4.78, 5) is 4.24. The molecule has 0 bridgehead atoms. The van der Waals surface area contributed by atoms with Crippen LogP contribution in [0, 0.1) is 6.92 Å². The van der Waals surface area contributed by atoms with E-state index in [1.165, 1.54) is 0 Å². The number of oxazole rings is 1. The monoisotopic (exact) mass is 250 g/mol. The molecule has 2 aromatic rings. The Morgan fingerprint density at radius 3 is 2.94 bits per heavy atom. The average Bonchev–Trinajstić information content (AvgIpc) is 2.75. The van der Waals surface area contributed by atoms with Crippen LogP contribution in [0.4, 0.5) is 0 Å². The summed E-state index contributed by atoms with van der Waals surface area (Å²) < 4.78 is 5.68. The van der Waals surface area contributed by atoms with Crippen molar-refractivity contribution in [3.8, 4) is 11.3 Å². The largest absolute Gasteiger partial charge is 0.441 e. The molecule has 0 unspecified atom stereocenters. The number of nitrogens with two attached hydrogens (primary N) is 1. The number of aryl methyl sites for hydroxylation is 2. The molecular weight excluding hydrogens is 236 g/mol. The SMILES string of the molecule is Cc1cc(Cl)ccc1-c1cnc(CCCN)o1. The van der Waals surface area contributed by atoms with Crippen molar-refractivity contribution < 1.29 is 4.42 Å². The molecule has 17 heavy (non-hydrogen) atoms. The van der Waals surface area contributed by atoms with Crippen LogP contribution in [-0.4, -0.2) is 11.5 Å². The Kier molecular flexibility index (Phi) is 3.82. The maximum absolute atomic E-state index is 5.92. The molecule has 2 N–H and O–H groups in total. The third kappa shape index (κ3) is 2.87. The molecular formula is C13H15ClN2O. The fourth-order valence-electron chi connectivity index (χ4n) is 1.71. The van der Waals surface area contributed by atoms with Gasteiger partial charge in [-0.15, -0.1) is 0 Å². The molecule has 0 aliphatic heterocycles. The highest BCUT2D eigenvalue weighted by molar-refractivity contribution is 6.30. The second kappa shape index (κ2) is 5.34. The lowest BCUT2D eigenvalue weighted by atomic mass is 10.1. The Balaban J connectivity index is 2.24. The number of halogens is 1. The van der Waals surface area contributed by atoms with Crippen molar-refractivity contribution >= 4 is 11.6 Å². The Morgan fingerprint density at radius 2 is 2.24 bits per heavy atom. The van der Waals surface area contributed by atoms with Crippen molar-refractivity contribution in [3.63, 3.8) is 0 Å². The smallest absolute Gasteiger partial charge is 0.194 e. The lowest BCUT2D eigenvalue weighted by molar-refractivity contribution is 0.499. The van der Waals surface area contributed by atoms with Crippen LogP contribution in [0.2, 0.25) is 5.02 Å². The summed E-state index contributed by atoms with van der Waals surface area (Å²) in [6.45, 7) is 2.65. The van der Waals surface area contributed by atoms with Gasteiger partial charge in [-0.1, -0.05) is 11.6 Å². The first kappa shape index (κ1) is 12.1. The maximum atomic E-state index is 5.92. The van der Waals surface area contributed by atoms with Crippen LogP contribution in [0.1, 0.15) is 17.9 Å². The van der Waals surface area contributed by atoms with Crippen LogP contribution in [0.3, 0.4) is 0 Å². The third-order valence-corrected chi connectivity index (χ3v) is 2.84. The summed E-state index contributed by atoms with van der Waals surface area (Å²) in [5, 5.41) is 0.731. The minimum atomic E-state index is 0.650. The molecule has 0 saturated carbocycles. The van der Waals surface area contributed by atoms with Crippen molar-refractivity contribution in [1.29, 1.82) is 0 Å². The molecule has 3 nitrogen and oxygen atoms in total. The molecule has 2 rings (SSSR count). The number of benzene rings is 1. The van der Waals surface area contributed by atoms with Gasteiger partial charge in [0.2, 0.25) is 0 Å². The van der Waals surface area contributed by atoms with Crippen LogP contribution >= 0.6 is 11.6 Å². The highest BCUT2D eigenvalue weighted by Crippen LogP contribution is 2.26. The van der Waals surface area contributed by atoms with Crippen LogP contribution in [0.5, 0.6) is 0 Å². The van der Waals surface area contributed by atoms with Crippen molar-refractivity contribution in [2.75, 3.05) is 6.54 Å². The van der Waals surface area contributed by atoms with E-state index in [1.54, 1.807) is 6.20 Å². The second-order valence-electron chi connectivity index (χ2n) is 3.97. The minimum Gasteiger partial charge on any atom is -0.441 e. The molecule has 4 heteroatoms. The van der Waals surface area contributed by atoms with Crippen LogP contribution in [-0.2, 0) is 6.42 Å². The van der Waals surface area contributed by atoms with Crippen molar-refractivity contribution in [2.45, 2.75) is 19.8 Å². The summed E-state index contributed by atoms with van der Waals surface area (Å²) >= 11 is 5.92. The highest BCUT2D eigenvalue weighted by atomic mass is 35.5. The maximum Gasteiger partial charge on any atom is 0.194 e. The van der Waals surface area contributed by atoms with Gasteiger partial charge in [-0.3, -0.25) is 0 Å². The topological polar surface area (TPSA) is 52.0 Å². The third-order valence-electron chi connectivity index (χ3n) is 2.60. The van der Waals surface area contributed by atoms with E-state index in [9.17, 15) is 0 Å². The lowest BCUT2D eigenvalue weighted by Crippen LogP contribution is -2.00. The Hall–Kier alpha value is -1.32. The zero-order chi connectivity index (χ0) is 12.3. The van der Waals surface area contributed by atoms with E-state index >= 15 is 0 Å². The quantitative estimate of drug-likeness (QED) is 0.907. The van der Waals surface area contributed by atoms with E-state index in [0.29, 0.717) is 6.54 Å². The van der Waals surface area contributed by atoms with Crippen molar-refractivity contribution in [1.82, 2.24) is 4.98 Å². The van der Waals surface area contributed by atoms with E-state index < -0.39 is 0 Å². The van der Waals surface area contributed by atoms with Gasteiger partial charge in [0.05, 0.1) is 6.20 Å². The Bertz CT molecular complexity index is 508. The van der Waals surface area contributed by atoms with Gasteiger partial charge in [-0.05, 0) is 43.7 Å². The van der Waals surface area contributed by atoms with Gasteiger partial charge < -0.3 is 10.2 Å². The van der Waals surface area contributed by atoms with Gasteiger partial charge in [0, 0.05) is 17.0 Å². The number of nitrogens with zero attached hydrogens (tertiary/aromatic N) is 1. The van der Waals surface area contributed by atoms with E-state index in [1.807, 2.05) is 25.1 Å². The molecule has 1 aromatic heterocycles. The fraction of sp³-hybridized carbons (Fsp3) is 0.308. The van der Waals surface area contributed by atoms with Gasteiger partial charge in [-0.2, -0.15) is 0 Å². The van der Waals surface area contributed by atoms with Crippen molar-refractivity contribution in [2.24, 2.45) is 5.73 Å². The number of aromatic nitrogens is 1. The van der Waals surface area contributed by atoms with E-state index in [-0.39, 0.29) is 0 Å². The number of hydrogen-bond acceptors (Lipinski definition) is 3. The molecule has 1 aromatic carbocycles. The van der Waals surface area contributed by atoms with E-state index in [4.69, 9.17) is 21.8 Å². The lowest BCUT2D eigenvalue weighted by Gasteiger charge is -2.02. The van der Waals surface area contributed by atoms with Gasteiger partial charge in [-0.25, -0.2) is 4.98 Å². The first-order valence-electron chi connectivity index (χ1n) is 5.62. The van der Waals surface area contributed by atoms with E-state index in [2.05, 4.69) is 4.98 Å². The molecule has 0 amide bonds. The first-order chi connectivity index (χ1) is 8.20. The first-order valence-corrected chi connectivity index (χ1v) is 6.00. The highest BCUT2D eigenvalue weighted by Gasteiger charge is 2.08. The molecule has 0 spiro atoms. The van der Waals surface area contributed by atoms with Gasteiger partial charge in [0.25, 0.3) is 0 Å². The van der Waals surface area contributed by atoms with E-state index in [0.717, 1.165) is 40.6 Å². The van der Waals surface area contributed by atoms with Crippen molar-refractivity contribution in [3.05, 3.63) is 40.9 Å².